The maximum Gasteiger partial charge on any atom is 0.255 e. The fourth-order valence-corrected chi connectivity index (χ4v) is 4.68. The summed E-state index contributed by atoms with van der Waals surface area (Å²) in [4.78, 5) is 18.5. The first kappa shape index (κ1) is 21.5. The molecule has 170 valence electrons. The van der Waals surface area contributed by atoms with Gasteiger partial charge in [-0.2, -0.15) is 0 Å². The van der Waals surface area contributed by atoms with Crippen molar-refractivity contribution < 1.29 is 9.90 Å². The second-order valence-corrected chi connectivity index (χ2v) is 9.45. The third-order valence-corrected chi connectivity index (χ3v) is 6.78. The number of carbonyl (C=O) groups excluding carboxylic acids is 1. The summed E-state index contributed by atoms with van der Waals surface area (Å²) in [5.74, 6) is 0.805. The Labute approximate surface area is 195 Å². The second kappa shape index (κ2) is 8.89. The standard InChI is InChI=1S/C20H20N2O2.C8H11N/c1-13-16-11-17(19(23)12-18(16)21-20(13)24)14-5-7-15(8-6-14)22-9-3-2-4-10-22;1-6-4-8(9-5-6)7-2-3-7/h5-8,11-12,23H,1-4,9-10H2,(H,21,24);4,7H,2-3,5H2,1H3. The molecular weight excluding hydrogens is 410 g/mol. The van der Waals surface area contributed by atoms with Crippen molar-refractivity contribution in [3.63, 3.8) is 0 Å². The predicted molar refractivity (Wildman–Crippen MR) is 136 cm³/mol. The molecule has 2 aromatic carbocycles. The van der Waals surface area contributed by atoms with Crippen molar-refractivity contribution in [1.82, 2.24) is 0 Å². The lowest BCUT2D eigenvalue weighted by Crippen LogP contribution is -2.29. The quantitative estimate of drug-likeness (QED) is 0.591. The van der Waals surface area contributed by atoms with Crippen molar-refractivity contribution >= 4 is 28.6 Å². The molecule has 2 aromatic rings. The summed E-state index contributed by atoms with van der Waals surface area (Å²) in [6, 6.07) is 11.7. The molecule has 0 unspecified atom stereocenters. The number of phenols is 1. The zero-order valence-corrected chi connectivity index (χ0v) is 19.2. The van der Waals surface area contributed by atoms with Crippen LogP contribution < -0.4 is 10.2 Å². The van der Waals surface area contributed by atoms with E-state index >= 15 is 0 Å². The summed E-state index contributed by atoms with van der Waals surface area (Å²) >= 11 is 0. The van der Waals surface area contributed by atoms with E-state index < -0.39 is 0 Å². The first-order valence-corrected chi connectivity index (χ1v) is 11.9. The zero-order valence-electron chi connectivity index (χ0n) is 19.2. The van der Waals surface area contributed by atoms with Crippen LogP contribution in [-0.4, -0.2) is 36.4 Å². The number of phenolic OH excluding ortho intramolecular Hbond substituents is 1. The molecule has 4 aliphatic rings. The van der Waals surface area contributed by atoms with Crippen molar-refractivity contribution in [1.29, 1.82) is 0 Å². The van der Waals surface area contributed by atoms with Crippen LogP contribution >= 0.6 is 0 Å². The molecular formula is C28H31N3O2. The molecule has 1 aliphatic carbocycles. The van der Waals surface area contributed by atoms with Gasteiger partial charge in [0, 0.05) is 53.2 Å². The first-order valence-electron chi connectivity index (χ1n) is 11.9. The van der Waals surface area contributed by atoms with Crippen molar-refractivity contribution in [3.05, 3.63) is 60.2 Å². The van der Waals surface area contributed by atoms with Crippen LogP contribution in [0.4, 0.5) is 11.4 Å². The third-order valence-electron chi connectivity index (χ3n) is 6.78. The van der Waals surface area contributed by atoms with E-state index in [0.717, 1.165) is 42.2 Å². The van der Waals surface area contributed by atoms with E-state index in [1.165, 1.54) is 49.1 Å². The van der Waals surface area contributed by atoms with Crippen LogP contribution in [0.2, 0.25) is 0 Å². The number of rotatable bonds is 3. The number of hydrogen-bond donors (Lipinski definition) is 2. The van der Waals surface area contributed by atoms with E-state index in [-0.39, 0.29) is 11.7 Å². The Morgan fingerprint density at radius 2 is 1.79 bits per heavy atom. The topological polar surface area (TPSA) is 64.9 Å². The van der Waals surface area contributed by atoms with Gasteiger partial charge in [0.05, 0.1) is 12.2 Å². The van der Waals surface area contributed by atoms with Gasteiger partial charge in [0.1, 0.15) is 5.75 Å². The second-order valence-electron chi connectivity index (χ2n) is 9.45. The summed E-state index contributed by atoms with van der Waals surface area (Å²) in [7, 11) is 0. The van der Waals surface area contributed by atoms with Gasteiger partial charge in [-0.15, -0.1) is 0 Å². The van der Waals surface area contributed by atoms with Gasteiger partial charge in [0.2, 0.25) is 0 Å². The van der Waals surface area contributed by atoms with Crippen molar-refractivity contribution in [2.45, 2.75) is 39.0 Å². The van der Waals surface area contributed by atoms with Gasteiger partial charge >= 0.3 is 0 Å². The summed E-state index contributed by atoms with van der Waals surface area (Å²) in [5, 5.41) is 13.0. The van der Waals surface area contributed by atoms with E-state index in [1.54, 1.807) is 6.07 Å². The number of aromatic hydroxyl groups is 1. The predicted octanol–water partition coefficient (Wildman–Crippen LogP) is 5.81. The number of piperidine rings is 1. The van der Waals surface area contributed by atoms with E-state index in [4.69, 9.17) is 0 Å². The number of benzene rings is 2. The smallest absolute Gasteiger partial charge is 0.255 e. The van der Waals surface area contributed by atoms with Gasteiger partial charge in [-0.3, -0.25) is 9.79 Å². The van der Waals surface area contributed by atoms with Crippen LogP contribution in [0.15, 0.2) is 59.6 Å². The lowest BCUT2D eigenvalue weighted by molar-refractivity contribution is -0.110. The van der Waals surface area contributed by atoms with Crippen LogP contribution in [0.5, 0.6) is 5.75 Å². The van der Waals surface area contributed by atoms with Gasteiger partial charge in [-0.25, -0.2) is 0 Å². The summed E-state index contributed by atoms with van der Waals surface area (Å²) in [5.41, 5.74) is 7.49. The average Bonchev–Trinajstić information content (AvgIpc) is 3.54. The summed E-state index contributed by atoms with van der Waals surface area (Å²) in [6.07, 6.45) is 8.81. The molecule has 3 heterocycles. The molecule has 5 nitrogen and oxygen atoms in total. The Hall–Kier alpha value is -3.34. The molecule has 1 saturated heterocycles. The first-order chi connectivity index (χ1) is 16.0. The normalized spacial score (nSPS) is 19.4. The number of hydrogen-bond acceptors (Lipinski definition) is 4. The highest BCUT2D eigenvalue weighted by atomic mass is 16.3. The van der Waals surface area contributed by atoms with Crippen LogP contribution in [0, 0.1) is 5.92 Å². The number of carbonyl (C=O) groups is 1. The van der Waals surface area contributed by atoms with E-state index in [0.29, 0.717) is 11.3 Å². The van der Waals surface area contributed by atoms with Gasteiger partial charge in [-0.05, 0) is 68.9 Å². The van der Waals surface area contributed by atoms with E-state index in [2.05, 4.69) is 46.9 Å². The molecule has 0 aromatic heterocycles. The zero-order chi connectivity index (χ0) is 22.9. The average molecular weight is 442 g/mol. The Morgan fingerprint density at radius 3 is 2.42 bits per heavy atom. The largest absolute Gasteiger partial charge is 0.507 e. The Balaban J connectivity index is 0.000000211. The molecule has 1 saturated carbocycles. The Bertz CT molecular complexity index is 1150. The molecule has 0 atom stereocenters. The highest BCUT2D eigenvalue weighted by Crippen LogP contribution is 2.40. The highest BCUT2D eigenvalue weighted by molar-refractivity contribution is 6.31. The summed E-state index contributed by atoms with van der Waals surface area (Å²) in [6.45, 7) is 9.15. The van der Waals surface area contributed by atoms with Crippen LogP contribution in [0.3, 0.4) is 0 Å². The number of allylic oxidation sites excluding steroid dienone is 1. The molecule has 2 N–H and O–H groups in total. The number of aliphatic imine (C=N–C) groups is 1. The molecule has 0 spiro atoms. The number of nitrogens with one attached hydrogen (secondary N) is 1. The number of nitrogens with zero attached hydrogens (tertiary/aromatic N) is 2. The van der Waals surface area contributed by atoms with Gasteiger partial charge < -0.3 is 15.3 Å². The van der Waals surface area contributed by atoms with Gasteiger partial charge in [-0.1, -0.05) is 24.3 Å². The lowest BCUT2D eigenvalue weighted by Gasteiger charge is -2.28. The summed E-state index contributed by atoms with van der Waals surface area (Å²) < 4.78 is 0. The molecule has 5 heteroatoms. The van der Waals surface area contributed by atoms with Gasteiger partial charge in [0.25, 0.3) is 5.91 Å². The van der Waals surface area contributed by atoms with Gasteiger partial charge in [0.15, 0.2) is 0 Å². The maximum atomic E-state index is 11.7. The Morgan fingerprint density at radius 1 is 1.06 bits per heavy atom. The minimum atomic E-state index is -0.206. The number of anilines is 2. The molecule has 0 radical (unpaired) electrons. The van der Waals surface area contributed by atoms with Crippen LogP contribution in [-0.2, 0) is 4.79 Å². The fourth-order valence-electron chi connectivity index (χ4n) is 4.68. The molecule has 0 bridgehead atoms. The van der Waals surface area contributed by atoms with Crippen LogP contribution in [0.1, 0.15) is 44.6 Å². The van der Waals surface area contributed by atoms with Crippen molar-refractivity contribution in [2.24, 2.45) is 10.9 Å². The molecule has 2 fully saturated rings. The molecule has 1 amide bonds. The van der Waals surface area contributed by atoms with Crippen molar-refractivity contribution in [3.8, 4) is 16.9 Å². The van der Waals surface area contributed by atoms with Crippen LogP contribution in [0.25, 0.3) is 16.7 Å². The monoisotopic (exact) mass is 441 g/mol. The molecule has 6 rings (SSSR count). The lowest BCUT2D eigenvalue weighted by atomic mass is 9.98. The maximum absolute atomic E-state index is 11.7. The fraction of sp³-hybridized carbons (Fsp3) is 0.357. The molecule has 33 heavy (non-hydrogen) atoms. The minimum Gasteiger partial charge on any atom is -0.507 e. The minimum absolute atomic E-state index is 0.162. The highest BCUT2D eigenvalue weighted by Gasteiger charge is 2.27. The van der Waals surface area contributed by atoms with E-state index in [1.807, 2.05) is 18.2 Å². The Kier molecular flexibility index (Phi) is 5.79. The third kappa shape index (κ3) is 4.58. The number of amides is 1. The SMILES string of the molecule is C=C1C(=O)Nc2cc(O)c(-c3ccc(N4CCCCC4)cc3)cc21.CC1=CC(C2CC2)=NC1. The molecule has 3 aliphatic heterocycles. The van der Waals surface area contributed by atoms with Crippen molar-refractivity contribution in [2.75, 3.05) is 29.9 Å². The van der Waals surface area contributed by atoms with E-state index in [9.17, 15) is 9.90 Å². The number of fused-ring (bicyclic) bond motifs is 1.